The molecule has 4 rings (SSSR count). The zero-order valence-corrected chi connectivity index (χ0v) is 16.7. The zero-order valence-electron chi connectivity index (χ0n) is 16.7. The van der Waals surface area contributed by atoms with Gasteiger partial charge in [0.15, 0.2) is 0 Å². The van der Waals surface area contributed by atoms with Crippen molar-refractivity contribution >= 4 is 11.5 Å². The van der Waals surface area contributed by atoms with Crippen LogP contribution in [0.4, 0.5) is 11.5 Å². The van der Waals surface area contributed by atoms with Crippen LogP contribution in [0, 0.1) is 25.2 Å². The lowest BCUT2D eigenvalue weighted by Gasteiger charge is -2.34. The van der Waals surface area contributed by atoms with Crippen molar-refractivity contribution in [3.63, 3.8) is 0 Å². The van der Waals surface area contributed by atoms with E-state index in [2.05, 4.69) is 26.3 Å². The first kappa shape index (κ1) is 19.1. The Morgan fingerprint density at radius 1 is 1.21 bits per heavy atom. The normalized spacial score (nSPS) is 17.1. The van der Waals surface area contributed by atoms with E-state index in [4.69, 9.17) is 14.7 Å². The van der Waals surface area contributed by atoms with Crippen molar-refractivity contribution in [3.05, 3.63) is 65.3 Å². The summed E-state index contributed by atoms with van der Waals surface area (Å²) in [5.41, 5.74) is 2.20. The van der Waals surface area contributed by atoms with Gasteiger partial charge in [-0.05, 0) is 57.5 Å². The third-order valence-electron chi connectivity index (χ3n) is 5.12. The number of piperidine rings is 1. The highest BCUT2D eigenvalue weighted by Gasteiger charge is 2.26. The van der Waals surface area contributed by atoms with E-state index in [9.17, 15) is 0 Å². The van der Waals surface area contributed by atoms with Crippen molar-refractivity contribution < 1.29 is 4.42 Å². The average molecular weight is 388 g/mol. The van der Waals surface area contributed by atoms with Gasteiger partial charge in [0.25, 0.3) is 0 Å². The van der Waals surface area contributed by atoms with Crippen molar-refractivity contribution in [3.8, 4) is 6.07 Å². The summed E-state index contributed by atoms with van der Waals surface area (Å²) in [6.07, 6.45) is 5.07. The van der Waals surface area contributed by atoms with Gasteiger partial charge in [-0.3, -0.25) is 4.90 Å². The van der Waals surface area contributed by atoms with Crippen LogP contribution < -0.4 is 5.32 Å². The van der Waals surface area contributed by atoms with Crippen LogP contribution in [0.3, 0.4) is 0 Å². The summed E-state index contributed by atoms with van der Waals surface area (Å²) in [5, 5.41) is 12.2. The number of pyridine rings is 1. The first-order chi connectivity index (χ1) is 14.1. The molecule has 0 saturated carbocycles. The molecule has 1 fully saturated rings. The lowest BCUT2D eigenvalue weighted by atomic mass is 9.98. The smallest absolute Gasteiger partial charge is 0.140 e. The predicted molar refractivity (Wildman–Crippen MR) is 109 cm³/mol. The quantitative estimate of drug-likeness (QED) is 0.691. The number of rotatable bonds is 5. The van der Waals surface area contributed by atoms with Gasteiger partial charge in [-0.15, -0.1) is 0 Å². The standard InChI is InChI=1S/C22H24N6O/c1-15-6-9-19(29-15)14-28-10-4-3-5-21(28)20-11-22(26-16(2)25-20)27-18-8-7-17(12-23)24-13-18/h6-9,11,13,21H,3-5,10,14H2,1-2H3,(H,25,26,27). The Balaban J connectivity index is 1.56. The third kappa shape index (κ3) is 4.61. The van der Waals surface area contributed by atoms with Gasteiger partial charge in [0, 0.05) is 6.07 Å². The van der Waals surface area contributed by atoms with Crippen LogP contribution in [0.1, 0.15) is 54.0 Å². The molecule has 7 nitrogen and oxygen atoms in total. The van der Waals surface area contributed by atoms with E-state index in [0.717, 1.165) is 54.1 Å². The van der Waals surface area contributed by atoms with Crippen LogP contribution in [-0.4, -0.2) is 26.4 Å². The van der Waals surface area contributed by atoms with Gasteiger partial charge in [0.1, 0.15) is 34.9 Å². The number of aromatic nitrogens is 3. The van der Waals surface area contributed by atoms with Crippen LogP contribution >= 0.6 is 0 Å². The van der Waals surface area contributed by atoms with Gasteiger partial charge >= 0.3 is 0 Å². The van der Waals surface area contributed by atoms with Crippen LogP contribution in [-0.2, 0) is 6.54 Å². The van der Waals surface area contributed by atoms with E-state index in [1.54, 1.807) is 12.3 Å². The maximum atomic E-state index is 8.90. The number of likely N-dealkylation sites (tertiary alicyclic amines) is 1. The summed E-state index contributed by atoms with van der Waals surface area (Å²) < 4.78 is 5.80. The van der Waals surface area contributed by atoms with Crippen LogP contribution in [0.2, 0.25) is 0 Å². The van der Waals surface area contributed by atoms with E-state index < -0.39 is 0 Å². The maximum absolute atomic E-state index is 8.90. The molecule has 1 aliphatic rings. The zero-order chi connectivity index (χ0) is 20.2. The van der Waals surface area contributed by atoms with Gasteiger partial charge in [0.2, 0.25) is 0 Å². The minimum Gasteiger partial charge on any atom is -0.465 e. The van der Waals surface area contributed by atoms with E-state index in [1.165, 1.54) is 12.8 Å². The number of hydrogen-bond acceptors (Lipinski definition) is 7. The minimum absolute atomic E-state index is 0.232. The topological polar surface area (TPSA) is 90.9 Å². The van der Waals surface area contributed by atoms with Crippen LogP contribution in [0.25, 0.3) is 0 Å². The molecule has 0 aromatic carbocycles. The molecule has 3 aromatic rings. The molecule has 1 atom stereocenters. The largest absolute Gasteiger partial charge is 0.465 e. The number of nitriles is 1. The molecule has 4 heterocycles. The van der Waals surface area contributed by atoms with E-state index in [1.807, 2.05) is 38.1 Å². The first-order valence-electron chi connectivity index (χ1n) is 9.89. The molecule has 0 spiro atoms. The number of furan rings is 1. The molecular formula is C22H24N6O. The fraction of sp³-hybridized carbons (Fsp3) is 0.364. The second kappa shape index (κ2) is 8.41. The SMILES string of the molecule is Cc1nc(Nc2ccc(C#N)nc2)cc(C2CCCCN2Cc2ccc(C)o2)n1. The summed E-state index contributed by atoms with van der Waals surface area (Å²) >= 11 is 0. The highest BCUT2D eigenvalue weighted by Crippen LogP contribution is 2.32. The molecule has 29 heavy (non-hydrogen) atoms. The molecule has 0 radical (unpaired) electrons. The second-order valence-corrected chi connectivity index (χ2v) is 7.39. The maximum Gasteiger partial charge on any atom is 0.140 e. The summed E-state index contributed by atoms with van der Waals surface area (Å²) in [6, 6.07) is 11.9. The number of hydrogen-bond donors (Lipinski definition) is 1. The number of nitrogens with zero attached hydrogens (tertiary/aromatic N) is 5. The molecular weight excluding hydrogens is 364 g/mol. The summed E-state index contributed by atoms with van der Waals surface area (Å²) in [7, 11) is 0. The van der Waals surface area contributed by atoms with Crippen molar-refractivity contribution in [2.45, 2.75) is 45.7 Å². The molecule has 148 valence electrons. The fourth-order valence-electron chi connectivity index (χ4n) is 3.79. The molecule has 1 saturated heterocycles. The van der Waals surface area contributed by atoms with Crippen molar-refractivity contribution in [1.29, 1.82) is 5.26 Å². The van der Waals surface area contributed by atoms with E-state index in [0.29, 0.717) is 5.69 Å². The van der Waals surface area contributed by atoms with Crippen molar-refractivity contribution in [1.82, 2.24) is 19.9 Å². The van der Waals surface area contributed by atoms with E-state index in [-0.39, 0.29) is 6.04 Å². The summed E-state index contributed by atoms with van der Waals surface area (Å²) in [6.45, 7) is 5.69. The minimum atomic E-state index is 0.232. The summed E-state index contributed by atoms with van der Waals surface area (Å²) in [4.78, 5) is 15.8. The Hall–Kier alpha value is -3.24. The Morgan fingerprint density at radius 3 is 2.83 bits per heavy atom. The van der Waals surface area contributed by atoms with Gasteiger partial charge in [-0.1, -0.05) is 6.42 Å². The highest BCUT2D eigenvalue weighted by atomic mass is 16.3. The Labute approximate surface area is 170 Å². The average Bonchev–Trinajstić information content (AvgIpc) is 3.13. The van der Waals surface area contributed by atoms with Crippen molar-refractivity contribution in [2.75, 3.05) is 11.9 Å². The molecule has 0 bridgehead atoms. The second-order valence-electron chi connectivity index (χ2n) is 7.39. The highest BCUT2D eigenvalue weighted by molar-refractivity contribution is 5.55. The monoisotopic (exact) mass is 388 g/mol. The molecule has 7 heteroatoms. The molecule has 0 amide bonds. The Morgan fingerprint density at radius 2 is 2.10 bits per heavy atom. The van der Waals surface area contributed by atoms with Gasteiger partial charge in [-0.2, -0.15) is 5.26 Å². The molecule has 3 aromatic heterocycles. The molecule has 1 N–H and O–H groups in total. The predicted octanol–water partition coefficient (Wildman–Crippen LogP) is 4.42. The van der Waals surface area contributed by atoms with Gasteiger partial charge in [-0.25, -0.2) is 15.0 Å². The van der Waals surface area contributed by atoms with Crippen LogP contribution in [0.15, 0.2) is 40.9 Å². The number of anilines is 2. The lowest BCUT2D eigenvalue weighted by molar-refractivity contribution is 0.126. The Kier molecular flexibility index (Phi) is 5.54. The fourth-order valence-corrected chi connectivity index (χ4v) is 3.79. The molecule has 0 aliphatic carbocycles. The molecule has 1 unspecified atom stereocenters. The lowest BCUT2D eigenvalue weighted by Crippen LogP contribution is -2.33. The van der Waals surface area contributed by atoms with Gasteiger partial charge < -0.3 is 9.73 Å². The third-order valence-corrected chi connectivity index (χ3v) is 5.12. The number of aryl methyl sites for hydroxylation is 2. The van der Waals surface area contributed by atoms with Crippen LogP contribution in [0.5, 0.6) is 0 Å². The van der Waals surface area contributed by atoms with E-state index >= 15 is 0 Å². The van der Waals surface area contributed by atoms with Crippen molar-refractivity contribution in [2.24, 2.45) is 0 Å². The first-order valence-corrected chi connectivity index (χ1v) is 9.89. The number of nitrogens with one attached hydrogen (secondary N) is 1. The summed E-state index contributed by atoms with van der Waals surface area (Å²) in [5.74, 6) is 3.39. The Bertz CT molecular complexity index is 1020. The molecule has 1 aliphatic heterocycles. The van der Waals surface area contributed by atoms with Gasteiger partial charge in [0.05, 0.1) is 30.2 Å².